The Morgan fingerprint density at radius 2 is 2.03 bits per heavy atom. The Kier molecular flexibility index (Phi) is 6.70. The number of benzene rings is 1. The van der Waals surface area contributed by atoms with Crippen molar-refractivity contribution in [3.05, 3.63) is 40.6 Å². The van der Waals surface area contributed by atoms with Gasteiger partial charge in [-0.05, 0) is 36.1 Å². The molecular formula is C18H16F3N3O3S2. The van der Waals surface area contributed by atoms with E-state index < -0.39 is 12.8 Å². The average Bonchev–Trinajstić information content (AvgIpc) is 3.31. The first-order chi connectivity index (χ1) is 13.8. The van der Waals surface area contributed by atoms with Crippen molar-refractivity contribution in [3.63, 3.8) is 0 Å². The van der Waals surface area contributed by atoms with Crippen LogP contribution in [0.15, 0.2) is 35.0 Å². The largest absolute Gasteiger partial charge is 0.484 e. The van der Waals surface area contributed by atoms with Gasteiger partial charge in [0.25, 0.3) is 5.91 Å². The fourth-order valence-electron chi connectivity index (χ4n) is 2.34. The van der Waals surface area contributed by atoms with Crippen LogP contribution in [0.25, 0.3) is 10.2 Å². The first-order valence-electron chi connectivity index (χ1n) is 8.50. The molecule has 154 valence electrons. The molecule has 0 unspecified atom stereocenters. The number of carbonyl (C=O) groups is 2. The van der Waals surface area contributed by atoms with Gasteiger partial charge in [0.2, 0.25) is 5.91 Å². The van der Waals surface area contributed by atoms with Gasteiger partial charge in [-0.1, -0.05) is 11.3 Å². The Bertz CT molecular complexity index is 987. The van der Waals surface area contributed by atoms with Crippen molar-refractivity contribution in [2.24, 2.45) is 0 Å². The number of thiophene rings is 1. The monoisotopic (exact) mass is 443 g/mol. The van der Waals surface area contributed by atoms with Crippen LogP contribution in [0.4, 0.5) is 18.3 Å². The van der Waals surface area contributed by atoms with Crippen molar-refractivity contribution in [1.82, 2.24) is 10.3 Å². The topological polar surface area (TPSA) is 80.3 Å². The summed E-state index contributed by atoms with van der Waals surface area (Å²) in [6.07, 6.45) is -3.76. The molecule has 0 aliphatic carbocycles. The summed E-state index contributed by atoms with van der Waals surface area (Å²) >= 11 is 2.57. The molecule has 2 N–H and O–H groups in total. The fourth-order valence-corrected chi connectivity index (χ4v) is 3.89. The highest BCUT2D eigenvalue weighted by Gasteiger charge is 2.28. The van der Waals surface area contributed by atoms with Crippen LogP contribution in [0.5, 0.6) is 5.75 Å². The van der Waals surface area contributed by atoms with Crippen molar-refractivity contribution in [1.29, 1.82) is 0 Å². The minimum absolute atomic E-state index is 0.0812. The van der Waals surface area contributed by atoms with E-state index in [1.165, 1.54) is 29.5 Å². The molecule has 0 fully saturated rings. The van der Waals surface area contributed by atoms with Gasteiger partial charge in [-0.3, -0.25) is 9.59 Å². The molecule has 2 heterocycles. The number of nitrogens with zero attached hydrogens (tertiary/aromatic N) is 1. The van der Waals surface area contributed by atoms with Gasteiger partial charge in [-0.2, -0.15) is 24.5 Å². The summed E-state index contributed by atoms with van der Waals surface area (Å²) in [5.74, 6) is -0.360. The normalized spacial score (nSPS) is 11.4. The molecule has 2 aromatic heterocycles. The van der Waals surface area contributed by atoms with Gasteiger partial charge in [0.05, 0.1) is 10.2 Å². The lowest BCUT2D eigenvalue weighted by molar-refractivity contribution is -0.153. The molecule has 0 spiro atoms. The molecule has 0 aliphatic heterocycles. The second-order valence-electron chi connectivity index (χ2n) is 5.97. The van der Waals surface area contributed by atoms with E-state index in [0.29, 0.717) is 33.9 Å². The van der Waals surface area contributed by atoms with Crippen molar-refractivity contribution in [3.8, 4) is 5.75 Å². The predicted molar refractivity (Wildman–Crippen MR) is 106 cm³/mol. The Balaban J connectivity index is 1.46. The van der Waals surface area contributed by atoms with E-state index in [-0.39, 0.29) is 24.0 Å². The number of anilines is 1. The zero-order chi connectivity index (χ0) is 20.9. The van der Waals surface area contributed by atoms with Crippen molar-refractivity contribution in [2.45, 2.75) is 19.0 Å². The van der Waals surface area contributed by atoms with Gasteiger partial charge in [-0.25, -0.2) is 4.98 Å². The van der Waals surface area contributed by atoms with Crippen molar-refractivity contribution >= 4 is 49.8 Å². The van der Waals surface area contributed by atoms with Gasteiger partial charge in [-0.15, -0.1) is 0 Å². The molecule has 6 nitrogen and oxygen atoms in total. The summed E-state index contributed by atoms with van der Waals surface area (Å²) < 4.78 is 42.0. The Morgan fingerprint density at radius 3 is 2.76 bits per heavy atom. The highest BCUT2D eigenvalue weighted by molar-refractivity contribution is 7.22. The number of carbonyl (C=O) groups excluding carboxylic acids is 2. The maximum absolute atomic E-state index is 12.2. The molecule has 0 saturated heterocycles. The minimum Gasteiger partial charge on any atom is -0.484 e. The number of ether oxygens (including phenoxy) is 1. The number of fused-ring (bicyclic) bond motifs is 1. The van der Waals surface area contributed by atoms with E-state index in [4.69, 9.17) is 4.74 Å². The number of nitrogens with one attached hydrogen (secondary N) is 2. The molecular weight excluding hydrogens is 427 g/mol. The quantitative estimate of drug-likeness (QED) is 0.504. The van der Waals surface area contributed by atoms with Gasteiger partial charge in [0.1, 0.15) is 5.75 Å². The lowest BCUT2D eigenvalue weighted by Crippen LogP contribution is -2.25. The first-order valence-corrected chi connectivity index (χ1v) is 10.3. The third-order valence-corrected chi connectivity index (χ3v) is 5.28. The number of thiazole rings is 1. The molecule has 11 heteroatoms. The van der Waals surface area contributed by atoms with Crippen molar-refractivity contribution < 1.29 is 27.5 Å². The maximum atomic E-state index is 12.2. The summed E-state index contributed by atoms with van der Waals surface area (Å²) in [6.45, 7) is -1.01. The number of alkyl halides is 3. The van der Waals surface area contributed by atoms with Gasteiger partial charge in [0, 0.05) is 23.9 Å². The van der Waals surface area contributed by atoms with E-state index >= 15 is 0 Å². The number of aromatic nitrogens is 1. The Morgan fingerprint density at radius 1 is 1.21 bits per heavy atom. The lowest BCUT2D eigenvalue weighted by atomic mass is 10.2. The average molecular weight is 443 g/mol. The minimum atomic E-state index is -4.41. The number of amides is 2. The fraction of sp³-hybridized carbons (Fsp3) is 0.278. The molecule has 0 bridgehead atoms. The van der Waals surface area contributed by atoms with Crippen LogP contribution < -0.4 is 15.4 Å². The summed E-state index contributed by atoms with van der Waals surface area (Å²) in [4.78, 5) is 28.1. The van der Waals surface area contributed by atoms with E-state index in [2.05, 4.69) is 15.6 Å². The van der Waals surface area contributed by atoms with E-state index in [9.17, 15) is 22.8 Å². The van der Waals surface area contributed by atoms with Crippen LogP contribution in [0.3, 0.4) is 0 Å². The standard InChI is InChI=1S/C18H16F3N3O3S2/c19-18(20,21)10-27-12-3-4-13-14(8-12)29-17(23-13)24-15(25)2-1-6-22-16(26)11-5-7-28-9-11/h3-5,7-9H,1-2,6,10H2,(H,22,26)(H,23,24,25). The second kappa shape index (κ2) is 9.23. The van der Waals surface area contributed by atoms with E-state index in [1.54, 1.807) is 11.4 Å². The molecule has 0 radical (unpaired) electrons. The summed E-state index contributed by atoms with van der Waals surface area (Å²) in [6, 6.07) is 6.11. The number of hydrogen-bond acceptors (Lipinski definition) is 6. The SMILES string of the molecule is O=C(CCCNC(=O)c1ccsc1)Nc1nc2ccc(OCC(F)(F)F)cc2s1. The predicted octanol–water partition coefficient (Wildman–Crippen LogP) is 4.45. The summed E-state index contributed by atoms with van der Waals surface area (Å²) in [5, 5.41) is 9.30. The maximum Gasteiger partial charge on any atom is 0.422 e. The van der Waals surface area contributed by atoms with Crippen LogP contribution in [-0.4, -0.2) is 36.1 Å². The third-order valence-electron chi connectivity index (χ3n) is 3.66. The van der Waals surface area contributed by atoms with Crippen molar-refractivity contribution in [2.75, 3.05) is 18.5 Å². The van der Waals surface area contributed by atoms with Crippen LogP contribution in [0, 0.1) is 0 Å². The van der Waals surface area contributed by atoms with Crippen LogP contribution in [0.1, 0.15) is 23.2 Å². The third kappa shape index (κ3) is 6.43. The Labute approximate surface area is 171 Å². The molecule has 2 amide bonds. The number of rotatable bonds is 8. The molecule has 3 rings (SSSR count). The molecule has 1 aromatic carbocycles. The van der Waals surface area contributed by atoms with Gasteiger partial charge < -0.3 is 15.4 Å². The molecule has 29 heavy (non-hydrogen) atoms. The number of halogens is 3. The zero-order valence-corrected chi connectivity index (χ0v) is 16.5. The molecule has 0 aliphatic rings. The Hall–Kier alpha value is -2.66. The highest BCUT2D eigenvalue weighted by atomic mass is 32.1. The lowest BCUT2D eigenvalue weighted by Gasteiger charge is -2.08. The summed E-state index contributed by atoms with van der Waals surface area (Å²) in [5.41, 5.74) is 1.14. The smallest absolute Gasteiger partial charge is 0.422 e. The first kappa shape index (κ1) is 21.1. The second-order valence-corrected chi connectivity index (χ2v) is 7.78. The van der Waals surface area contributed by atoms with Gasteiger partial charge in [0.15, 0.2) is 11.7 Å². The zero-order valence-electron chi connectivity index (χ0n) is 14.9. The van der Waals surface area contributed by atoms with Crippen LogP contribution in [-0.2, 0) is 4.79 Å². The molecule has 0 saturated carbocycles. The molecule has 3 aromatic rings. The van der Waals surface area contributed by atoms with Crippen LogP contribution >= 0.6 is 22.7 Å². The molecule has 0 atom stereocenters. The summed E-state index contributed by atoms with van der Waals surface area (Å²) in [7, 11) is 0. The van der Waals surface area contributed by atoms with Crippen LogP contribution in [0.2, 0.25) is 0 Å². The van der Waals surface area contributed by atoms with Gasteiger partial charge >= 0.3 is 6.18 Å². The number of hydrogen-bond donors (Lipinski definition) is 2. The van der Waals surface area contributed by atoms with E-state index in [0.717, 1.165) is 11.3 Å². The highest BCUT2D eigenvalue weighted by Crippen LogP contribution is 2.30. The van der Waals surface area contributed by atoms with E-state index in [1.807, 2.05) is 5.38 Å².